The maximum Gasteiger partial charge on any atom is 0.255 e. The van der Waals surface area contributed by atoms with E-state index in [1.165, 1.54) is 4.31 Å². The van der Waals surface area contributed by atoms with Gasteiger partial charge >= 0.3 is 0 Å². The summed E-state index contributed by atoms with van der Waals surface area (Å²) in [6.07, 6.45) is 1.55. The Bertz CT molecular complexity index is 941. The minimum atomic E-state index is -3.24. The van der Waals surface area contributed by atoms with Crippen molar-refractivity contribution in [2.24, 2.45) is 0 Å². The number of nitrogens with zero attached hydrogens (tertiary/aromatic N) is 1. The molecule has 2 heterocycles. The molecule has 26 heavy (non-hydrogen) atoms. The van der Waals surface area contributed by atoms with Crippen LogP contribution < -0.4 is 19.1 Å². The molecule has 0 unspecified atom stereocenters. The van der Waals surface area contributed by atoms with Crippen molar-refractivity contribution in [3.05, 3.63) is 48.0 Å². The first kappa shape index (κ1) is 16.7. The third-order valence-electron chi connectivity index (χ3n) is 4.40. The fraction of sp³-hybridized carbons (Fsp3) is 0.278. The minimum Gasteiger partial charge on any atom is -0.454 e. The summed E-state index contributed by atoms with van der Waals surface area (Å²) in [4.78, 5) is 12.4. The van der Waals surface area contributed by atoms with Gasteiger partial charge in [0.25, 0.3) is 5.91 Å². The summed E-state index contributed by atoms with van der Waals surface area (Å²) in [7, 11) is -3.24. The highest BCUT2D eigenvalue weighted by Crippen LogP contribution is 2.32. The average Bonchev–Trinajstić information content (AvgIpc) is 3.10. The highest BCUT2D eigenvalue weighted by atomic mass is 32.2. The largest absolute Gasteiger partial charge is 0.454 e. The molecule has 2 aliphatic heterocycles. The molecule has 136 valence electrons. The molecule has 0 radical (unpaired) electrons. The number of benzene rings is 2. The van der Waals surface area contributed by atoms with E-state index in [0.717, 1.165) is 6.42 Å². The number of sulfonamides is 1. The van der Waals surface area contributed by atoms with Crippen molar-refractivity contribution in [3.8, 4) is 11.5 Å². The van der Waals surface area contributed by atoms with Gasteiger partial charge in [0.1, 0.15) is 0 Å². The van der Waals surface area contributed by atoms with E-state index in [9.17, 15) is 13.2 Å². The molecule has 0 spiro atoms. The first-order valence-corrected chi connectivity index (χ1v) is 9.95. The summed E-state index contributed by atoms with van der Waals surface area (Å²) in [5.74, 6) is 1.06. The number of fused-ring (bicyclic) bond motifs is 1. The molecule has 1 amide bonds. The van der Waals surface area contributed by atoms with Crippen LogP contribution in [0.15, 0.2) is 42.5 Å². The van der Waals surface area contributed by atoms with Crippen molar-refractivity contribution in [2.75, 3.05) is 28.7 Å². The molecule has 0 aromatic heterocycles. The van der Waals surface area contributed by atoms with Crippen LogP contribution in [0.25, 0.3) is 0 Å². The highest BCUT2D eigenvalue weighted by Gasteiger charge is 2.25. The van der Waals surface area contributed by atoms with Crippen LogP contribution in [0.1, 0.15) is 23.2 Å². The van der Waals surface area contributed by atoms with Crippen molar-refractivity contribution in [1.82, 2.24) is 0 Å². The number of carbonyl (C=O) groups excluding carboxylic acids is 1. The molecule has 2 aromatic carbocycles. The molecular formula is C18H18N2O5S. The van der Waals surface area contributed by atoms with Gasteiger partial charge in [0.05, 0.1) is 11.4 Å². The van der Waals surface area contributed by atoms with Gasteiger partial charge in [-0.1, -0.05) is 0 Å². The molecule has 7 nitrogen and oxygen atoms in total. The maximum atomic E-state index is 12.4. The lowest BCUT2D eigenvalue weighted by atomic mass is 10.2. The van der Waals surface area contributed by atoms with E-state index in [4.69, 9.17) is 9.47 Å². The summed E-state index contributed by atoms with van der Waals surface area (Å²) in [6.45, 7) is 0.645. The number of rotatable bonds is 3. The van der Waals surface area contributed by atoms with Crippen LogP contribution in [-0.4, -0.2) is 33.4 Å². The third kappa shape index (κ3) is 3.20. The van der Waals surface area contributed by atoms with E-state index in [0.29, 0.717) is 41.4 Å². The standard InChI is InChI=1S/C18H18N2O5S/c21-18(13-3-8-16-17(11-13)25-12-24-16)19-14-4-6-15(7-5-14)20-9-1-2-10-26(20,22)23/h3-8,11H,1-2,9-10,12H2,(H,19,21). The van der Waals surface area contributed by atoms with Crippen LogP contribution in [0.4, 0.5) is 11.4 Å². The molecular weight excluding hydrogens is 356 g/mol. The Labute approximate surface area is 151 Å². The van der Waals surface area contributed by atoms with Crippen molar-refractivity contribution < 1.29 is 22.7 Å². The summed E-state index contributed by atoms with van der Waals surface area (Å²) >= 11 is 0. The van der Waals surface area contributed by atoms with E-state index in [2.05, 4.69) is 5.32 Å². The second-order valence-electron chi connectivity index (χ2n) is 6.16. The number of anilines is 2. The molecule has 2 aliphatic rings. The lowest BCUT2D eigenvalue weighted by Crippen LogP contribution is -2.37. The minimum absolute atomic E-state index is 0.154. The van der Waals surface area contributed by atoms with Crippen LogP contribution >= 0.6 is 0 Å². The van der Waals surface area contributed by atoms with Crippen molar-refractivity contribution in [3.63, 3.8) is 0 Å². The second kappa shape index (κ2) is 6.53. The monoisotopic (exact) mass is 374 g/mol. The fourth-order valence-corrected chi connectivity index (χ4v) is 4.67. The van der Waals surface area contributed by atoms with Gasteiger partial charge in [-0.2, -0.15) is 0 Å². The zero-order chi connectivity index (χ0) is 18.1. The van der Waals surface area contributed by atoms with Crippen molar-refractivity contribution in [2.45, 2.75) is 12.8 Å². The normalized spacial score (nSPS) is 17.8. The topological polar surface area (TPSA) is 84.9 Å². The van der Waals surface area contributed by atoms with Gasteiger partial charge < -0.3 is 14.8 Å². The Balaban J connectivity index is 1.48. The molecule has 8 heteroatoms. The number of carbonyl (C=O) groups is 1. The lowest BCUT2D eigenvalue weighted by Gasteiger charge is -2.28. The van der Waals surface area contributed by atoms with Crippen molar-refractivity contribution >= 4 is 27.3 Å². The molecule has 0 atom stereocenters. The lowest BCUT2D eigenvalue weighted by molar-refractivity contribution is 0.102. The summed E-state index contributed by atoms with van der Waals surface area (Å²) in [6, 6.07) is 11.8. The summed E-state index contributed by atoms with van der Waals surface area (Å²) in [5, 5.41) is 2.80. The van der Waals surface area contributed by atoms with Gasteiger partial charge in [0.2, 0.25) is 16.8 Å². The predicted octanol–water partition coefficient (Wildman–Crippen LogP) is 2.60. The van der Waals surface area contributed by atoms with Gasteiger partial charge in [0.15, 0.2) is 11.5 Å². The van der Waals surface area contributed by atoms with E-state index in [-0.39, 0.29) is 18.5 Å². The van der Waals surface area contributed by atoms with Crippen LogP contribution in [0.3, 0.4) is 0 Å². The van der Waals surface area contributed by atoms with Crippen LogP contribution in [0.5, 0.6) is 11.5 Å². The number of ether oxygens (including phenoxy) is 2. The molecule has 2 aromatic rings. The van der Waals surface area contributed by atoms with Crippen LogP contribution in [-0.2, 0) is 10.0 Å². The van der Waals surface area contributed by atoms with Gasteiger partial charge in [-0.25, -0.2) is 8.42 Å². The first-order valence-electron chi connectivity index (χ1n) is 8.34. The molecule has 1 N–H and O–H groups in total. The zero-order valence-corrected chi connectivity index (χ0v) is 14.8. The quantitative estimate of drug-likeness (QED) is 0.893. The van der Waals surface area contributed by atoms with E-state index < -0.39 is 10.0 Å². The molecule has 1 saturated heterocycles. The molecule has 4 rings (SSSR count). The van der Waals surface area contributed by atoms with Gasteiger partial charge in [-0.3, -0.25) is 9.10 Å². The Hall–Kier alpha value is -2.74. The summed E-state index contributed by atoms with van der Waals surface area (Å²) in [5.41, 5.74) is 1.66. The Morgan fingerprint density at radius 3 is 2.54 bits per heavy atom. The molecule has 0 aliphatic carbocycles. The Morgan fingerprint density at radius 1 is 1.00 bits per heavy atom. The number of nitrogens with one attached hydrogen (secondary N) is 1. The predicted molar refractivity (Wildman–Crippen MR) is 97.3 cm³/mol. The second-order valence-corrected chi connectivity index (χ2v) is 8.18. The third-order valence-corrected chi connectivity index (χ3v) is 6.27. The number of hydrogen-bond acceptors (Lipinski definition) is 5. The Morgan fingerprint density at radius 2 is 1.77 bits per heavy atom. The number of hydrogen-bond donors (Lipinski definition) is 1. The molecule has 0 bridgehead atoms. The summed E-state index contributed by atoms with van der Waals surface area (Å²) < 4.78 is 36.3. The van der Waals surface area contributed by atoms with E-state index in [1.54, 1.807) is 42.5 Å². The highest BCUT2D eigenvalue weighted by molar-refractivity contribution is 7.92. The SMILES string of the molecule is O=C(Nc1ccc(N2CCCCS2(=O)=O)cc1)c1ccc2c(c1)OCO2. The maximum absolute atomic E-state index is 12.4. The van der Waals surface area contributed by atoms with E-state index in [1.807, 2.05) is 0 Å². The average molecular weight is 374 g/mol. The van der Waals surface area contributed by atoms with Crippen LogP contribution in [0, 0.1) is 0 Å². The van der Waals surface area contributed by atoms with E-state index >= 15 is 0 Å². The molecule has 0 saturated carbocycles. The smallest absolute Gasteiger partial charge is 0.255 e. The van der Waals surface area contributed by atoms with Gasteiger partial charge in [-0.05, 0) is 55.3 Å². The van der Waals surface area contributed by atoms with Gasteiger partial charge in [0, 0.05) is 17.8 Å². The Kier molecular flexibility index (Phi) is 4.20. The van der Waals surface area contributed by atoms with Crippen LogP contribution in [0.2, 0.25) is 0 Å². The first-order chi connectivity index (χ1) is 12.5. The fourth-order valence-electron chi connectivity index (χ4n) is 3.03. The number of amides is 1. The van der Waals surface area contributed by atoms with Crippen molar-refractivity contribution in [1.29, 1.82) is 0 Å². The zero-order valence-electron chi connectivity index (χ0n) is 14.0. The van der Waals surface area contributed by atoms with Gasteiger partial charge in [-0.15, -0.1) is 0 Å². The molecule has 1 fully saturated rings.